The summed E-state index contributed by atoms with van der Waals surface area (Å²) in [6, 6.07) is 15.6. The van der Waals surface area contributed by atoms with Gasteiger partial charge in [-0.15, -0.1) is 0 Å². The second kappa shape index (κ2) is 8.15. The Hall–Kier alpha value is -2.82. The Bertz CT molecular complexity index is 699. The molecule has 0 aliphatic rings. The van der Waals surface area contributed by atoms with Gasteiger partial charge in [0.2, 0.25) is 5.91 Å². The van der Waals surface area contributed by atoms with Crippen LogP contribution < -0.4 is 16.0 Å². The van der Waals surface area contributed by atoms with E-state index in [1.807, 2.05) is 63.2 Å². The monoisotopic (exact) mass is 325 g/mol. The van der Waals surface area contributed by atoms with Gasteiger partial charge in [0, 0.05) is 11.4 Å². The highest BCUT2D eigenvalue weighted by Gasteiger charge is 2.24. The molecule has 3 N–H and O–H groups in total. The van der Waals surface area contributed by atoms with Gasteiger partial charge in [-0.05, 0) is 36.6 Å². The highest BCUT2D eigenvalue weighted by Crippen LogP contribution is 2.15. The van der Waals surface area contributed by atoms with Crippen molar-refractivity contribution in [3.05, 3.63) is 60.2 Å². The first kappa shape index (κ1) is 17.5. The topological polar surface area (TPSA) is 70.2 Å². The first-order valence-corrected chi connectivity index (χ1v) is 7.96. The first-order chi connectivity index (χ1) is 11.5. The summed E-state index contributed by atoms with van der Waals surface area (Å²) in [7, 11) is 0. The smallest absolute Gasteiger partial charge is 0.319 e. The third-order valence-corrected chi connectivity index (χ3v) is 3.67. The maximum absolute atomic E-state index is 12.5. The van der Waals surface area contributed by atoms with Crippen LogP contribution in [0.4, 0.5) is 16.2 Å². The van der Waals surface area contributed by atoms with Gasteiger partial charge >= 0.3 is 6.03 Å². The largest absolute Gasteiger partial charge is 0.326 e. The fraction of sp³-hybridized carbons (Fsp3) is 0.263. The summed E-state index contributed by atoms with van der Waals surface area (Å²) < 4.78 is 0. The molecule has 3 amide bonds. The number of hydrogen-bond donors (Lipinski definition) is 3. The van der Waals surface area contributed by atoms with E-state index in [4.69, 9.17) is 0 Å². The van der Waals surface area contributed by atoms with Crippen LogP contribution >= 0.6 is 0 Å². The number of nitrogens with one attached hydrogen (secondary N) is 3. The van der Waals surface area contributed by atoms with Crippen LogP contribution in [0.1, 0.15) is 19.4 Å². The van der Waals surface area contributed by atoms with E-state index in [0.717, 1.165) is 11.3 Å². The summed E-state index contributed by atoms with van der Waals surface area (Å²) in [6.07, 6.45) is 0. The molecule has 0 aromatic heterocycles. The Kier molecular flexibility index (Phi) is 5.95. The average Bonchev–Trinajstić information content (AvgIpc) is 2.55. The van der Waals surface area contributed by atoms with E-state index < -0.39 is 12.1 Å². The molecule has 0 spiro atoms. The van der Waals surface area contributed by atoms with Crippen molar-refractivity contribution in [3.8, 4) is 0 Å². The van der Waals surface area contributed by atoms with E-state index in [1.54, 1.807) is 12.1 Å². The Morgan fingerprint density at radius 1 is 0.875 bits per heavy atom. The minimum Gasteiger partial charge on any atom is -0.326 e. The van der Waals surface area contributed by atoms with Gasteiger partial charge in [-0.25, -0.2) is 4.79 Å². The van der Waals surface area contributed by atoms with Crippen molar-refractivity contribution < 1.29 is 9.59 Å². The number of hydrogen-bond acceptors (Lipinski definition) is 2. The summed E-state index contributed by atoms with van der Waals surface area (Å²) in [5.41, 5.74) is 2.40. The number of carbonyl (C=O) groups excluding carboxylic acids is 2. The molecule has 5 nitrogen and oxygen atoms in total. The van der Waals surface area contributed by atoms with E-state index >= 15 is 0 Å². The van der Waals surface area contributed by atoms with Crippen LogP contribution in [0.15, 0.2) is 54.6 Å². The maximum atomic E-state index is 12.5. The lowest BCUT2D eigenvalue weighted by molar-refractivity contribution is -0.118. The summed E-state index contributed by atoms with van der Waals surface area (Å²) in [6.45, 7) is 5.71. The van der Waals surface area contributed by atoms with Crippen LogP contribution in [0.25, 0.3) is 0 Å². The molecule has 1 unspecified atom stereocenters. The normalized spacial score (nSPS) is 11.7. The number of urea groups is 1. The zero-order valence-corrected chi connectivity index (χ0v) is 14.2. The summed E-state index contributed by atoms with van der Waals surface area (Å²) in [5.74, 6) is -0.280. The molecule has 0 saturated carbocycles. The van der Waals surface area contributed by atoms with Crippen molar-refractivity contribution in [3.63, 3.8) is 0 Å². The second-order valence-corrected chi connectivity index (χ2v) is 5.99. The molecule has 2 aromatic carbocycles. The fourth-order valence-corrected chi connectivity index (χ4v) is 2.29. The van der Waals surface area contributed by atoms with E-state index in [0.29, 0.717) is 5.69 Å². The molecule has 0 heterocycles. The lowest BCUT2D eigenvalue weighted by Crippen LogP contribution is -2.48. The number of anilines is 2. The molecule has 2 rings (SSSR count). The van der Waals surface area contributed by atoms with Crippen molar-refractivity contribution in [2.75, 3.05) is 10.6 Å². The standard InChI is InChI=1S/C19H23N3O2/c1-13(2)17(18(23)21-16-12-8-7-9-14(16)3)22-19(24)20-15-10-5-4-6-11-15/h4-13,17H,1-3H3,(H,21,23)(H2,20,22,24). The molecule has 0 fully saturated rings. The second-order valence-electron chi connectivity index (χ2n) is 5.99. The lowest BCUT2D eigenvalue weighted by Gasteiger charge is -2.22. The first-order valence-electron chi connectivity index (χ1n) is 7.96. The van der Waals surface area contributed by atoms with E-state index in [-0.39, 0.29) is 11.8 Å². The third-order valence-electron chi connectivity index (χ3n) is 3.67. The molecule has 1 atom stereocenters. The van der Waals surface area contributed by atoms with Crippen molar-refractivity contribution >= 4 is 23.3 Å². The van der Waals surface area contributed by atoms with Crippen LogP contribution in [-0.4, -0.2) is 18.0 Å². The highest BCUT2D eigenvalue weighted by molar-refractivity contribution is 5.99. The minimum absolute atomic E-state index is 0.0458. The lowest BCUT2D eigenvalue weighted by atomic mass is 10.0. The summed E-state index contributed by atoms with van der Waals surface area (Å²) >= 11 is 0. The van der Waals surface area contributed by atoms with Gasteiger partial charge in [-0.2, -0.15) is 0 Å². The van der Waals surface area contributed by atoms with Crippen LogP contribution in [0.5, 0.6) is 0 Å². The van der Waals surface area contributed by atoms with E-state index in [2.05, 4.69) is 16.0 Å². The molecule has 0 bridgehead atoms. The quantitative estimate of drug-likeness (QED) is 0.783. The van der Waals surface area contributed by atoms with Gasteiger partial charge < -0.3 is 16.0 Å². The number of amides is 3. The van der Waals surface area contributed by atoms with E-state index in [9.17, 15) is 9.59 Å². The maximum Gasteiger partial charge on any atom is 0.319 e. The van der Waals surface area contributed by atoms with Crippen molar-refractivity contribution in [2.24, 2.45) is 5.92 Å². The molecule has 5 heteroatoms. The molecule has 0 radical (unpaired) electrons. The predicted octanol–water partition coefficient (Wildman–Crippen LogP) is 3.78. The van der Waals surface area contributed by atoms with Gasteiger partial charge in [0.15, 0.2) is 0 Å². The number of benzene rings is 2. The van der Waals surface area contributed by atoms with Gasteiger partial charge in [0.25, 0.3) is 0 Å². The van der Waals surface area contributed by atoms with Crippen LogP contribution in [-0.2, 0) is 4.79 Å². The number of carbonyl (C=O) groups is 2. The Balaban J connectivity index is 2.02. The van der Waals surface area contributed by atoms with Crippen LogP contribution in [0.3, 0.4) is 0 Å². The minimum atomic E-state index is -0.631. The molecule has 0 aliphatic heterocycles. The van der Waals surface area contributed by atoms with Crippen LogP contribution in [0, 0.1) is 12.8 Å². The SMILES string of the molecule is Cc1ccccc1NC(=O)C(NC(=O)Nc1ccccc1)C(C)C. The Morgan fingerprint density at radius 3 is 2.12 bits per heavy atom. The van der Waals surface area contributed by atoms with Gasteiger partial charge in [0.05, 0.1) is 0 Å². The van der Waals surface area contributed by atoms with Crippen molar-refractivity contribution in [1.29, 1.82) is 0 Å². The van der Waals surface area contributed by atoms with Gasteiger partial charge in [0.1, 0.15) is 6.04 Å². The molecule has 0 aliphatic carbocycles. The molecule has 24 heavy (non-hydrogen) atoms. The van der Waals surface area contributed by atoms with Gasteiger partial charge in [-0.1, -0.05) is 50.2 Å². The Labute approximate surface area is 142 Å². The molecule has 126 valence electrons. The fourth-order valence-electron chi connectivity index (χ4n) is 2.29. The zero-order chi connectivity index (χ0) is 17.5. The summed E-state index contributed by atoms with van der Waals surface area (Å²) in [5, 5.41) is 8.35. The average molecular weight is 325 g/mol. The van der Waals surface area contributed by atoms with Crippen LogP contribution in [0.2, 0.25) is 0 Å². The molecular weight excluding hydrogens is 302 g/mol. The van der Waals surface area contributed by atoms with Crippen molar-refractivity contribution in [2.45, 2.75) is 26.8 Å². The van der Waals surface area contributed by atoms with Crippen molar-refractivity contribution in [1.82, 2.24) is 5.32 Å². The predicted molar refractivity (Wildman–Crippen MR) is 97.0 cm³/mol. The number of aryl methyl sites for hydroxylation is 1. The Morgan fingerprint density at radius 2 is 1.50 bits per heavy atom. The van der Waals surface area contributed by atoms with E-state index in [1.165, 1.54) is 0 Å². The van der Waals surface area contributed by atoms with Gasteiger partial charge in [-0.3, -0.25) is 4.79 Å². The number of rotatable bonds is 5. The molecule has 0 saturated heterocycles. The molecular formula is C19H23N3O2. The number of para-hydroxylation sites is 2. The highest BCUT2D eigenvalue weighted by atomic mass is 16.2. The zero-order valence-electron chi connectivity index (χ0n) is 14.2. The summed E-state index contributed by atoms with van der Waals surface area (Å²) in [4.78, 5) is 24.7. The molecule has 2 aromatic rings. The third kappa shape index (κ3) is 4.84.